The van der Waals surface area contributed by atoms with Crippen LogP contribution in [0.15, 0.2) is 77.7 Å². The van der Waals surface area contributed by atoms with Crippen molar-refractivity contribution < 1.29 is 27.1 Å². The molecule has 3 aromatic rings. The predicted octanol–water partition coefficient (Wildman–Crippen LogP) is 5.06. The molecular weight excluding hydrogens is 545 g/mol. The fourth-order valence-electron chi connectivity index (χ4n) is 4.29. The van der Waals surface area contributed by atoms with Gasteiger partial charge in [-0.25, -0.2) is 12.8 Å². The van der Waals surface area contributed by atoms with Crippen molar-refractivity contribution in [3.05, 3.63) is 89.7 Å². The zero-order valence-corrected chi connectivity index (χ0v) is 25.2. The van der Waals surface area contributed by atoms with Gasteiger partial charge in [-0.15, -0.1) is 0 Å². The number of sulfonamides is 1. The normalized spacial score (nSPS) is 12.4. The first-order valence-corrected chi connectivity index (χ1v) is 14.8. The van der Waals surface area contributed by atoms with Crippen molar-refractivity contribution in [2.75, 3.05) is 18.0 Å². The first kappa shape index (κ1) is 31.6. The molecule has 0 aromatic heterocycles. The number of nitrogens with zero attached hydrogens (tertiary/aromatic N) is 2. The Kier molecular flexibility index (Phi) is 10.1. The molecule has 1 atom stereocenters. The van der Waals surface area contributed by atoms with Crippen molar-refractivity contribution in [1.82, 2.24) is 10.2 Å². The summed E-state index contributed by atoms with van der Waals surface area (Å²) in [5.41, 5.74) is 1.15. The molecule has 0 heterocycles. The topological polar surface area (TPSA) is 96.0 Å². The standard InChI is InChI=1S/C31H38FN3O5S/c1-7-28(30(37)33-31(3,4)5)34(20-23-13-15-24(32)16-14-23)29(36)21-35(25-9-8-10-26(19-25)40-6)41(38,39)27-17-11-22(2)12-18-27/h8-19,28H,7,20-21H2,1-6H3,(H,33,37). The number of hydrogen-bond acceptors (Lipinski definition) is 5. The van der Waals surface area contributed by atoms with E-state index in [-0.39, 0.29) is 29.5 Å². The molecule has 220 valence electrons. The first-order chi connectivity index (χ1) is 19.2. The van der Waals surface area contributed by atoms with Crippen molar-refractivity contribution >= 4 is 27.5 Å². The average Bonchev–Trinajstić information content (AvgIpc) is 2.91. The summed E-state index contributed by atoms with van der Waals surface area (Å²) in [6, 6.07) is 17.5. The van der Waals surface area contributed by atoms with Gasteiger partial charge in [-0.05, 0) is 76.1 Å². The van der Waals surface area contributed by atoms with Gasteiger partial charge in [0, 0.05) is 18.2 Å². The molecule has 0 spiro atoms. The van der Waals surface area contributed by atoms with Gasteiger partial charge in [-0.3, -0.25) is 13.9 Å². The number of carbonyl (C=O) groups is 2. The number of halogens is 1. The smallest absolute Gasteiger partial charge is 0.264 e. The third kappa shape index (κ3) is 8.29. The Balaban J connectivity index is 2.09. The second kappa shape index (κ2) is 13.2. The van der Waals surface area contributed by atoms with E-state index < -0.39 is 39.9 Å². The number of anilines is 1. The fourth-order valence-corrected chi connectivity index (χ4v) is 5.70. The molecule has 0 saturated heterocycles. The van der Waals surface area contributed by atoms with Gasteiger partial charge in [0.05, 0.1) is 17.7 Å². The third-order valence-electron chi connectivity index (χ3n) is 6.38. The third-order valence-corrected chi connectivity index (χ3v) is 8.17. The summed E-state index contributed by atoms with van der Waals surface area (Å²) >= 11 is 0. The molecule has 0 fully saturated rings. The van der Waals surface area contributed by atoms with Gasteiger partial charge in [0.25, 0.3) is 10.0 Å². The van der Waals surface area contributed by atoms with E-state index in [2.05, 4.69) is 5.32 Å². The highest BCUT2D eigenvalue weighted by Gasteiger charge is 2.34. The fraction of sp³-hybridized carbons (Fsp3) is 0.355. The van der Waals surface area contributed by atoms with Crippen LogP contribution in [-0.2, 0) is 26.2 Å². The van der Waals surface area contributed by atoms with E-state index >= 15 is 0 Å². The SMILES string of the molecule is CCC(C(=O)NC(C)(C)C)N(Cc1ccc(F)cc1)C(=O)CN(c1cccc(OC)c1)S(=O)(=O)c1ccc(C)cc1. The molecule has 0 aliphatic carbocycles. The van der Waals surface area contributed by atoms with E-state index in [1.54, 1.807) is 37.3 Å². The molecular formula is C31H38FN3O5S. The van der Waals surface area contributed by atoms with Gasteiger partial charge in [0.2, 0.25) is 11.8 Å². The molecule has 2 amide bonds. The molecule has 0 bridgehead atoms. The van der Waals surface area contributed by atoms with Crippen LogP contribution in [0.25, 0.3) is 0 Å². The minimum absolute atomic E-state index is 0.0151. The predicted molar refractivity (Wildman–Crippen MR) is 158 cm³/mol. The quantitative estimate of drug-likeness (QED) is 0.341. The lowest BCUT2D eigenvalue weighted by Gasteiger charge is -2.34. The summed E-state index contributed by atoms with van der Waals surface area (Å²) < 4.78 is 47.9. The van der Waals surface area contributed by atoms with Crippen molar-refractivity contribution in [2.24, 2.45) is 0 Å². The first-order valence-electron chi connectivity index (χ1n) is 13.3. The zero-order valence-electron chi connectivity index (χ0n) is 24.3. The Morgan fingerprint density at radius 1 is 1.00 bits per heavy atom. The average molecular weight is 584 g/mol. The highest BCUT2D eigenvalue weighted by atomic mass is 32.2. The number of carbonyl (C=O) groups excluding carboxylic acids is 2. The number of ether oxygens (including phenoxy) is 1. The van der Waals surface area contributed by atoms with E-state index in [1.807, 2.05) is 27.7 Å². The molecule has 0 aliphatic rings. The van der Waals surface area contributed by atoms with Gasteiger partial charge < -0.3 is 15.0 Å². The number of benzene rings is 3. The van der Waals surface area contributed by atoms with Crippen molar-refractivity contribution in [1.29, 1.82) is 0 Å². The van der Waals surface area contributed by atoms with E-state index in [4.69, 9.17) is 4.74 Å². The monoisotopic (exact) mass is 583 g/mol. The summed E-state index contributed by atoms with van der Waals surface area (Å²) in [6.07, 6.45) is 0.277. The number of rotatable bonds is 11. The molecule has 0 radical (unpaired) electrons. The maximum absolute atomic E-state index is 14.1. The van der Waals surface area contributed by atoms with Gasteiger partial charge in [-0.2, -0.15) is 0 Å². The van der Waals surface area contributed by atoms with Crippen LogP contribution in [0.1, 0.15) is 45.2 Å². The van der Waals surface area contributed by atoms with Crippen LogP contribution in [0.5, 0.6) is 5.75 Å². The van der Waals surface area contributed by atoms with Crippen LogP contribution in [-0.4, -0.2) is 50.4 Å². The summed E-state index contributed by atoms with van der Waals surface area (Å²) in [5, 5.41) is 2.92. The van der Waals surface area contributed by atoms with Crippen LogP contribution in [0, 0.1) is 12.7 Å². The number of aryl methyl sites for hydroxylation is 1. The maximum atomic E-state index is 14.1. The summed E-state index contributed by atoms with van der Waals surface area (Å²) in [4.78, 5) is 28.8. The molecule has 10 heteroatoms. The lowest BCUT2D eigenvalue weighted by atomic mass is 10.1. The molecule has 0 aliphatic heterocycles. The van der Waals surface area contributed by atoms with E-state index in [0.29, 0.717) is 11.3 Å². The molecule has 0 saturated carbocycles. The van der Waals surface area contributed by atoms with E-state index in [1.165, 1.54) is 54.5 Å². The van der Waals surface area contributed by atoms with E-state index in [0.717, 1.165) is 9.87 Å². The molecule has 41 heavy (non-hydrogen) atoms. The Labute approximate surface area is 242 Å². The van der Waals surface area contributed by atoms with Crippen molar-refractivity contribution in [3.63, 3.8) is 0 Å². The van der Waals surface area contributed by atoms with Crippen LogP contribution in [0.3, 0.4) is 0 Å². The zero-order chi connectivity index (χ0) is 30.4. The lowest BCUT2D eigenvalue weighted by Crippen LogP contribution is -2.55. The second-order valence-electron chi connectivity index (χ2n) is 10.8. The summed E-state index contributed by atoms with van der Waals surface area (Å²) in [6.45, 7) is 8.53. The van der Waals surface area contributed by atoms with Gasteiger partial charge in [-0.1, -0.05) is 42.8 Å². The minimum Gasteiger partial charge on any atom is -0.497 e. The van der Waals surface area contributed by atoms with Gasteiger partial charge >= 0.3 is 0 Å². The molecule has 3 aromatic carbocycles. The molecule has 1 unspecified atom stereocenters. The minimum atomic E-state index is -4.20. The number of amides is 2. The van der Waals surface area contributed by atoms with Crippen molar-refractivity contribution in [3.8, 4) is 5.75 Å². The Hall–Kier alpha value is -3.92. The highest BCUT2D eigenvalue weighted by molar-refractivity contribution is 7.92. The molecule has 8 nitrogen and oxygen atoms in total. The van der Waals surface area contributed by atoms with Gasteiger partial charge in [0.15, 0.2) is 0 Å². The largest absolute Gasteiger partial charge is 0.497 e. The number of hydrogen-bond donors (Lipinski definition) is 1. The van der Waals surface area contributed by atoms with Gasteiger partial charge in [0.1, 0.15) is 24.2 Å². The van der Waals surface area contributed by atoms with E-state index in [9.17, 15) is 22.4 Å². The number of methoxy groups -OCH3 is 1. The molecule has 3 rings (SSSR count). The highest BCUT2D eigenvalue weighted by Crippen LogP contribution is 2.28. The van der Waals surface area contributed by atoms with Crippen LogP contribution >= 0.6 is 0 Å². The Morgan fingerprint density at radius 3 is 2.20 bits per heavy atom. The van der Waals surface area contributed by atoms with Crippen molar-refractivity contribution in [2.45, 2.75) is 64.1 Å². The summed E-state index contributed by atoms with van der Waals surface area (Å²) in [5.74, 6) is -0.982. The van der Waals surface area contributed by atoms with Crippen LogP contribution in [0.4, 0.5) is 10.1 Å². The Morgan fingerprint density at radius 2 is 1.63 bits per heavy atom. The number of nitrogens with one attached hydrogen (secondary N) is 1. The van der Waals surface area contributed by atoms with Crippen LogP contribution < -0.4 is 14.4 Å². The summed E-state index contributed by atoms with van der Waals surface area (Å²) in [7, 11) is -2.74. The maximum Gasteiger partial charge on any atom is 0.264 e. The Bertz CT molecular complexity index is 1450. The van der Waals surface area contributed by atoms with Crippen LogP contribution in [0.2, 0.25) is 0 Å². The molecule has 1 N–H and O–H groups in total. The lowest BCUT2D eigenvalue weighted by molar-refractivity contribution is -0.141. The second-order valence-corrected chi connectivity index (χ2v) is 12.7.